The molecule has 5 atom stereocenters. The van der Waals surface area contributed by atoms with Crippen molar-refractivity contribution in [2.75, 3.05) is 0 Å². The lowest BCUT2D eigenvalue weighted by Crippen LogP contribution is -2.54. The van der Waals surface area contributed by atoms with Gasteiger partial charge in [-0.15, -0.1) is 0 Å². The molecule has 0 aromatic heterocycles. The van der Waals surface area contributed by atoms with Gasteiger partial charge in [0.15, 0.2) is 0 Å². The zero-order valence-electron chi connectivity index (χ0n) is 13.6. The van der Waals surface area contributed by atoms with E-state index in [0.717, 1.165) is 25.7 Å². The lowest BCUT2D eigenvalue weighted by atomic mass is 9.85. The minimum absolute atomic E-state index is 0.0324. The van der Waals surface area contributed by atoms with E-state index in [-0.39, 0.29) is 18.0 Å². The smallest absolute Gasteiger partial charge is 0.311 e. The van der Waals surface area contributed by atoms with Gasteiger partial charge in [-0.1, -0.05) is 6.42 Å². The van der Waals surface area contributed by atoms with Crippen LogP contribution in [0.5, 0.6) is 0 Å². The fourth-order valence-corrected chi connectivity index (χ4v) is 4.06. The Balaban J connectivity index is 2.02. The Kier molecular flexibility index (Phi) is 4.61. The molecule has 1 amide bonds. The largest absolute Gasteiger partial charge is 0.481 e. The quantitative estimate of drug-likeness (QED) is 0.832. The normalized spacial score (nSPS) is 38.4. The molecule has 120 valence electrons. The van der Waals surface area contributed by atoms with Gasteiger partial charge in [-0.3, -0.25) is 14.5 Å². The highest BCUT2D eigenvalue weighted by atomic mass is 16.4. The average molecular weight is 296 g/mol. The second kappa shape index (κ2) is 5.95. The van der Waals surface area contributed by atoms with Gasteiger partial charge in [0.05, 0.1) is 11.5 Å². The van der Waals surface area contributed by atoms with Crippen LogP contribution in [-0.4, -0.2) is 46.1 Å². The summed E-state index contributed by atoms with van der Waals surface area (Å²) in [5.74, 6) is -0.837. The Morgan fingerprint density at radius 2 is 1.81 bits per heavy atom. The highest BCUT2D eigenvalue weighted by molar-refractivity contribution is 5.83. The lowest BCUT2D eigenvalue weighted by Gasteiger charge is -2.34. The fraction of sp³-hybridized carbons (Fsp3) is 0.875. The van der Waals surface area contributed by atoms with Crippen molar-refractivity contribution in [3.8, 4) is 0 Å². The number of likely N-dealkylation sites (tertiary alicyclic amines) is 1. The third kappa shape index (κ3) is 2.93. The molecule has 0 radical (unpaired) electrons. The Hall–Kier alpha value is -1.10. The summed E-state index contributed by atoms with van der Waals surface area (Å²) in [6.07, 6.45) is 4.49. The van der Waals surface area contributed by atoms with Crippen LogP contribution in [0.2, 0.25) is 0 Å². The van der Waals surface area contributed by atoms with Crippen molar-refractivity contribution in [3.63, 3.8) is 0 Å². The van der Waals surface area contributed by atoms with Gasteiger partial charge in [0.25, 0.3) is 0 Å². The Morgan fingerprint density at radius 3 is 2.33 bits per heavy atom. The molecule has 2 rings (SSSR count). The van der Waals surface area contributed by atoms with E-state index in [1.165, 1.54) is 0 Å². The van der Waals surface area contributed by atoms with Gasteiger partial charge in [0.1, 0.15) is 0 Å². The minimum atomic E-state index is -0.822. The van der Waals surface area contributed by atoms with Crippen molar-refractivity contribution in [3.05, 3.63) is 0 Å². The van der Waals surface area contributed by atoms with Crippen LogP contribution < -0.4 is 5.32 Å². The van der Waals surface area contributed by atoms with E-state index >= 15 is 0 Å². The molecule has 2 N–H and O–H groups in total. The summed E-state index contributed by atoms with van der Waals surface area (Å²) in [4.78, 5) is 26.3. The van der Waals surface area contributed by atoms with E-state index in [2.05, 4.69) is 24.1 Å². The Bertz CT molecular complexity index is 416. The van der Waals surface area contributed by atoms with E-state index in [1.807, 2.05) is 6.92 Å². The first-order chi connectivity index (χ1) is 9.77. The summed E-state index contributed by atoms with van der Waals surface area (Å²) in [6.45, 7) is 7.99. The highest BCUT2D eigenvalue weighted by Crippen LogP contribution is 2.38. The first-order valence-corrected chi connectivity index (χ1v) is 8.08. The number of carbonyl (C=O) groups excluding carboxylic acids is 1. The van der Waals surface area contributed by atoms with E-state index in [0.29, 0.717) is 18.5 Å². The van der Waals surface area contributed by atoms with E-state index in [1.54, 1.807) is 6.92 Å². The number of aliphatic carboxylic acids is 1. The third-order valence-electron chi connectivity index (χ3n) is 5.61. The molecular weight excluding hydrogens is 268 g/mol. The topological polar surface area (TPSA) is 69.6 Å². The molecule has 0 spiro atoms. The number of carboxylic acid groups (broad SMARTS) is 1. The van der Waals surface area contributed by atoms with Crippen LogP contribution in [0.4, 0.5) is 0 Å². The Morgan fingerprint density at radius 1 is 1.24 bits per heavy atom. The van der Waals surface area contributed by atoms with Gasteiger partial charge in [-0.25, -0.2) is 0 Å². The van der Waals surface area contributed by atoms with Crippen molar-refractivity contribution in [2.45, 2.75) is 84.0 Å². The average Bonchev–Trinajstić information content (AvgIpc) is 2.94. The number of carboxylic acids is 1. The molecule has 0 aromatic carbocycles. The van der Waals surface area contributed by atoms with Crippen LogP contribution in [0, 0.1) is 5.41 Å². The van der Waals surface area contributed by atoms with Gasteiger partial charge in [0, 0.05) is 18.1 Å². The molecule has 0 aromatic rings. The van der Waals surface area contributed by atoms with E-state index in [4.69, 9.17) is 0 Å². The number of nitrogens with zero attached hydrogens (tertiary/aromatic N) is 1. The molecule has 5 nitrogen and oxygen atoms in total. The lowest BCUT2D eigenvalue weighted by molar-refractivity contribution is -0.149. The highest BCUT2D eigenvalue weighted by Gasteiger charge is 2.46. The number of hydrogen-bond donors (Lipinski definition) is 2. The van der Waals surface area contributed by atoms with Gasteiger partial charge >= 0.3 is 5.97 Å². The summed E-state index contributed by atoms with van der Waals surface area (Å²) in [6, 6.07) is 0.375. The van der Waals surface area contributed by atoms with E-state index in [9.17, 15) is 14.7 Å². The molecule has 1 heterocycles. The molecule has 2 aliphatic rings. The van der Waals surface area contributed by atoms with Crippen LogP contribution in [0.1, 0.15) is 59.8 Å². The summed E-state index contributed by atoms with van der Waals surface area (Å²) >= 11 is 0. The summed E-state index contributed by atoms with van der Waals surface area (Å²) in [5, 5.41) is 12.4. The molecule has 1 saturated heterocycles. The van der Waals surface area contributed by atoms with Gasteiger partial charge in [-0.05, 0) is 53.4 Å². The summed E-state index contributed by atoms with van der Waals surface area (Å²) < 4.78 is 0. The molecule has 5 unspecified atom stereocenters. The zero-order chi connectivity index (χ0) is 15.8. The Labute approximate surface area is 127 Å². The van der Waals surface area contributed by atoms with Crippen LogP contribution >= 0.6 is 0 Å². The van der Waals surface area contributed by atoms with Gasteiger partial charge in [0.2, 0.25) is 5.91 Å². The molecule has 1 aliphatic carbocycles. The summed E-state index contributed by atoms with van der Waals surface area (Å²) in [7, 11) is 0. The second-order valence-electron chi connectivity index (χ2n) is 7.07. The molecule has 1 saturated carbocycles. The zero-order valence-corrected chi connectivity index (χ0v) is 13.6. The van der Waals surface area contributed by atoms with Crippen molar-refractivity contribution >= 4 is 11.9 Å². The second-order valence-corrected chi connectivity index (χ2v) is 7.07. The van der Waals surface area contributed by atoms with E-state index < -0.39 is 11.4 Å². The maximum atomic E-state index is 12.5. The number of rotatable bonds is 4. The minimum Gasteiger partial charge on any atom is -0.481 e. The predicted octanol–water partition coefficient (Wildman–Crippen LogP) is 2.01. The van der Waals surface area contributed by atoms with Gasteiger partial charge < -0.3 is 10.4 Å². The number of amides is 1. The predicted molar refractivity (Wildman–Crippen MR) is 81.0 cm³/mol. The third-order valence-corrected chi connectivity index (χ3v) is 5.61. The van der Waals surface area contributed by atoms with Crippen LogP contribution in [-0.2, 0) is 9.59 Å². The molecule has 21 heavy (non-hydrogen) atoms. The molecule has 1 aliphatic heterocycles. The maximum absolute atomic E-state index is 12.5. The standard InChI is InChI=1S/C16H28N2O3/c1-10-7-8-11(2)18(10)12(3)14(19)17-13-6-5-9-16(13,4)15(20)21/h10-13H,5-9H2,1-4H3,(H,17,19)(H,20,21). The van der Waals surface area contributed by atoms with Crippen LogP contribution in [0.3, 0.4) is 0 Å². The van der Waals surface area contributed by atoms with Gasteiger partial charge in [-0.2, -0.15) is 0 Å². The maximum Gasteiger partial charge on any atom is 0.311 e. The van der Waals surface area contributed by atoms with Crippen molar-refractivity contribution in [2.24, 2.45) is 5.41 Å². The van der Waals surface area contributed by atoms with Crippen molar-refractivity contribution in [1.29, 1.82) is 0 Å². The van der Waals surface area contributed by atoms with Crippen molar-refractivity contribution in [1.82, 2.24) is 10.2 Å². The fourth-order valence-electron chi connectivity index (χ4n) is 4.06. The molecule has 5 heteroatoms. The molecule has 0 bridgehead atoms. The number of nitrogens with one attached hydrogen (secondary N) is 1. The number of carbonyl (C=O) groups is 2. The monoisotopic (exact) mass is 296 g/mol. The first kappa shape index (κ1) is 16.3. The number of hydrogen-bond acceptors (Lipinski definition) is 3. The van der Waals surface area contributed by atoms with Crippen LogP contribution in [0.15, 0.2) is 0 Å². The van der Waals surface area contributed by atoms with Crippen molar-refractivity contribution < 1.29 is 14.7 Å². The summed E-state index contributed by atoms with van der Waals surface area (Å²) in [5.41, 5.74) is -0.822. The van der Waals surface area contributed by atoms with Crippen LogP contribution in [0.25, 0.3) is 0 Å². The molecule has 2 fully saturated rings. The molecular formula is C16H28N2O3. The SMILES string of the molecule is CC1CCC(C)N1C(C)C(=O)NC1CCCC1(C)C(=O)O. The first-order valence-electron chi connectivity index (χ1n) is 8.08.